The van der Waals surface area contributed by atoms with Gasteiger partial charge in [-0.15, -0.1) is 0 Å². The van der Waals surface area contributed by atoms with Crippen LogP contribution in [0.25, 0.3) is 0 Å². The SMILES string of the molecule is CC1(C(=O)O)CCCN(C(=O)N2CCC(C(N)=O)CC2)C1. The average Bonchev–Trinajstić information content (AvgIpc) is 2.46. The molecule has 21 heavy (non-hydrogen) atoms. The van der Waals surface area contributed by atoms with E-state index >= 15 is 0 Å². The van der Waals surface area contributed by atoms with Crippen LogP contribution in [0.3, 0.4) is 0 Å². The zero-order valence-corrected chi connectivity index (χ0v) is 12.4. The first-order valence-corrected chi connectivity index (χ1v) is 7.40. The van der Waals surface area contributed by atoms with Crippen LogP contribution in [0.5, 0.6) is 0 Å². The third-order valence-corrected chi connectivity index (χ3v) is 4.65. The van der Waals surface area contributed by atoms with Crippen molar-refractivity contribution in [2.45, 2.75) is 32.6 Å². The highest BCUT2D eigenvalue weighted by Gasteiger charge is 2.40. The van der Waals surface area contributed by atoms with Crippen molar-refractivity contribution in [3.8, 4) is 0 Å². The minimum Gasteiger partial charge on any atom is -0.481 e. The van der Waals surface area contributed by atoms with Gasteiger partial charge in [0.25, 0.3) is 0 Å². The molecule has 2 fully saturated rings. The highest BCUT2D eigenvalue weighted by atomic mass is 16.4. The second-order valence-electron chi connectivity index (χ2n) is 6.34. The summed E-state index contributed by atoms with van der Waals surface area (Å²) in [6.07, 6.45) is 2.47. The van der Waals surface area contributed by atoms with E-state index in [9.17, 15) is 19.5 Å². The molecule has 7 nitrogen and oxygen atoms in total. The van der Waals surface area contributed by atoms with Crippen molar-refractivity contribution in [2.75, 3.05) is 26.2 Å². The van der Waals surface area contributed by atoms with Gasteiger partial charge in [0.1, 0.15) is 0 Å². The lowest BCUT2D eigenvalue weighted by atomic mass is 9.82. The Kier molecular flexibility index (Phi) is 4.39. The predicted molar refractivity (Wildman–Crippen MR) is 75.4 cm³/mol. The summed E-state index contributed by atoms with van der Waals surface area (Å²) in [6.45, 7) is 3.54. The Labute approximate surface area is 124 Å². The van der Waals surface area contributed by atoms with Crippen LogP contribution in [0.1, 0.15) is 32.6 Å². The van der Waals surface area contributed by atoms with Crippen molar-refractivity contribution in [1.82, 2.24) is 9.80 Å². The maximum absolute atomic E-state index is 12.5. The Bertz CT molecular complexity index is 446. The maximum Gasteiger partial charge on any atom is 0.320 e. The number of urea groups is 1. The lowest BCUT2D eigenvalue weighted by Gasteiger charge is -2.41. The minimum absolute atomic E-state index is 0.120. The molecule has 0 spiro atoms. The van der Waals surface area contributed by atoms with Crippen LogP contribution >= 0.6 is 0 Å². The molecule has 3 amide bonds. The molecule has 0 saturated carbocycles. The Morgan fingerprint density at radius 1 is 1.14 bits per heavy atom. The summed E-state index contributed by atoms with van der Waals surface area (Å²) in [7, 11) is 0. The number of carbonyl (C=O) groups excluding carboxylic acids is 2. The van der Waals surface area contributed by atoms with E-state index in [-0.39, 0.29) is 24.4 Å². The second kappa shape index (κ2) is 5.91. The number of hydrogen-bond acceptors (Lipinski definition) is 3. The fraction of sp³-hybridized carbons (Fsp3) is 0.786. The molecule has 0 bridgehead atoms. The van der Waals surface area contributed by atoms with Crippen molar-refractivity contribution in [3.63, 3.8) is 0 Å². The first-order chi connectivity index (χ1) is 9.83. The molecule has 118 valence electrons. The van der Waals surface area contributed by atoms with Crippen LogP contribution in [-0.4, -0.2) is 59.0 Å². The molecule has 1 atom stereocenters. The molecule has 3 N–H and O–H groups in total. The summed E-state index contributed by atoms with van der Waals surface area (Å²) >= 11 is 0. The lowest BCUT2D eigenvalue weighted by molar-refractivity contribution is -0.150. The van der Waals surface area contributed by atoms with Gasteiger partial charge in [0.05, 0.1) is 5.41 Å². The molecule has 2 aliphatic rings. The molecule has 0 aliphatic carbocycles. The standard InChI is InChI=1S/C14H23N3O4/c1-14(12(19)20)5-2-6-17(9-14)13(21)16-7-3-10(4-8-16)11(15)18/h10H,2-9H2,1H3,(H2,15,18)(H,19,20). The van der Waals surface area contributed by atoms with Crippen LogP contribution < -0.4 is 5.73 Å². The summed E-state index contributed by atoms with van der Waals surface area (Å²) < 4.78 is 0. The van der Waals surface area contributed by atoms with Gasteiger partial charge in [0, 0.05) is 32.1 Å². The first kappa shape index (κ1) is 15.6. The number of aliphatic carboxylic acids is 1. The summed E-state index contributed by atoms with van der Waals surface area (Å²) in [6, 6.07) is -0.120. The van der Waals surface area contributed by atoms with Crippen LogP contribution in [0.4, 0.5) is 4.79 Å². The topological polar surface area (TPSA) is 104 Å². The van der Waals surface area contributed by atoms with Crippen LogP contribution in [0.2, 0.25) is 0 Å². The molecule has 2 rings (SSSR count). The van der Waals surface area contributed by atoms with E-state index in [1.54, 1.807) is 16.7 Å². The fourth-order valence-electron chi connectivity index (χ4n) is 3.13. The Morgan fingerprint density at radius 3 is 2.29 bits per heavy atom. The summed E-state index contributed by atoms with van der Waals surface area (Å²) in [5, 5.41) is 9.30. The van der Waals surface area contributed by atoms with Gasteiger partial charge >= 0.3 is 12.0 Å². The number of carbonyl (C=O) groups is 3. The molecule has 0 radical (unpaired) electrons. The number of primary amides is 1. The van der Waals surface area contributed by atoms with Crippen LogP contribution in [0.15, 0.2) is 0 Å². The number of piperidine rings is 2. The number of nitrogens with two attached hydrogens (primary N) is 1. The number of likely N-dealkylation sites (tertiary alicyclic amines) is 2. The predicted octanol–water partition coefficient (Wildman–Crippen LogP) is 0.490. The zero-order chi connectivity index (χ0) is 15.6. The van der Waals surface area contributed by atoms with Crippen molar-refractivity contribution < 1.29 is 19.5 Å². The van der Waals surface area contributed by atoms with Crippen molar-refractivity contribution >= 4 is 17.9 Å². The largest absolute Gasteiger partial charge is 0.481 e. The molecule has 7 heteroatoms. The Hall–Kier alpha value is -1.79. The van der Waals surface area contributed by atoms with Crippen molar-refractivity contribution in [2.24, 2.45) is 17.1 Å². The molecule has 2 aliphatic heterocycles. The zero-order valence-electron chi connectivity index (χ0n) is 12.4. The van der Waals surface area contributed by atoms with E-state index in [0.29, 0.717) is 45.3 Å². The monoisotopic (exact) mass is 297 g/mol. The summed E-state index contributed by atoms with van der Waals surface area (Å²) in [5.41, 5.74) is 4.42. The van der Waals surface area contributed by atoms with E-state index in [2.05, 4.69) is 0 Å². The molecule has 0 aromatic carbocycles. The number of nitrogens with zero attached hydrogens (tertiary/aromatic N) is 2. The number of carboxylic acids is 1. The molecular weight excluding hydrogens is 274 g/mol. The molecule has 1 unspecified atom stereocenters. The first-order valence-electron chi connectivity index (χ1n) is 7.40. The van der Waals surface area contributed by atoms with Gasteiger partial charge in [-0.05, 0) is 32.6 Å². The van der Waals surface area contributed by atoms with E-state index in [1.807, 2.05) is 0 Å². The van der Waals surface area contributed by atoms with Gasteiger partial charge in [-0.1, -0.05) is 0 Å². The third kappa shape index (κ3) is 3.28. The van der Waals surface area contributed by atoms with Gasteiger partial charge in [0.15, 0.2) is 0 Å². The maximum atomic E-state index is 12.5. The van der Waals surface area contributed by atoms with Gasteiger partial charge in [-0.2, -0.15) is 0 Å². The lowest BCUT2D eigenvalue weighted by Crippen LogP contribution is -2.54. The normalized spacial score (nSPS) is 27.5. The summed E-state index contributed by atoms with van der Waals surface area (Å²) in [4.78, 5) is 38.3. The number of amides is 3. The molecule has 2 heterocycles. The van der Waals surface area contributed by atoms with E-state index < -0.39 is 11.4 Å². The van der Waals surface area contributed by atoms with Crippen LogP contribution in [0, 0.1) is 11.3 Å². The quantitative estimate of drug-likeness (QED) is 0.774. The average molecular weight is 297 g/mol. The number of hydrogen-bond donors (Lipinski definition) is 2. The minimum atomic E-state index is -0.862. The third-order valence-electron chi connectivity index (χ3n) is 4.65. The molecule has 0 aromatic rings. The molecule has 2 saturated heterocycles. The second-order valence-corrected chi connectivity index (χ2v) is 6.34. The van der Waals surface area contributed by atoms with Crippen molar-refractivity contribution in [3.05, 3.63) is 0 Å². The van der Waals surface area contributed by atoms with Crippen LogP contribution in [-0.2, 0) is 9.59 Å². The van der Waals surface area contributed by atoms with E-state index in [4.69, 9.17) is 5.73 Å². The highest BCUT2D eigenvalue weighted by Crippen LogP contribution is 2.30. The van der Waals surface area contributed by atoms with Crippen molar-refractivity contribution in [1.29, 1.82) is 0 Å². The van der Waals surface area contributed by atoms with Gasteiger partial charge < -0.3 is 20.6 Å². The number of rotatable bonds is 2. The van der Waals surface area contributed by atoms with Gasteiger partial charge in [-0.3, -0.25) is 9.59 Å². The highest BCUT2D eigenvalue weighted by molar-refractivity contribution is 5.79. The Morgan fingerprint density at radius 2 is 1.76 bits per heavy atom. The van der Waals surface area contributed by atoms with E-state index in [0.717, 1.165) is 0 Å². The number of carboxylic acid groups (broad SMARTS) is 1. The summed E-state index contributed by atoms with van der Waals surface area (Å²) in [5.74, 6) is -1.31. The smallest absolute Gasteiger partial charge is 0.320 e. The molecular formula is C14H23N3O4. The van der Waals surface area contributed by atoms with Gasteiger partial charge in [-0.25, -0.2) is 4.79 Å². The Balaban J connectivity index is 1.95. The van der Waals surface area contributed by atoms with Gasteiger partial charge in [0.2, 0.25) is 5.91 Å². The van der Waals surface area contributed by atoms with E-state index in [1.165, 1.54) is 0 Å². The molecule has 0 aromatic heterocycles. The fourth-order valence-corrected chi connectivity index (χ4v) is 3.13.